The summed E-state index contributed by atoms with van der Waals surface area (Å²) >= 11 is 5.68. The molecular weight excluding hydrogens is 314 g/mol. The van der Waals surface area contributed by atoms with Crippen molar-refractivity contribution in [1.29, 1.82) is 0 Å². The van der Waals surface area contributed by atoms with Crippen molar-refractivity contribution >= 4 is 11.6 Å². The van der Waals surface area contributed by atoms with Gasteiger partial charge in [-0.05, 0) is 92.7 Å². The molecule has 0 amide bonds. The molecule has 0 aliphatic heterocycles. The first-order valence-electron chi connectivity index (χ1n) is 8.89. The topological polar surface area (TPSA) is 0 Å². The Hall–Kier alpha value is -0.890. The van der Waals surface area contributed by atoms with Gasteiger partial charge in [0.15, 0.2) is 11.6 Å². The van der Waals surface area contributed by atoms with E-state index in [1.54, 1.807) is 11.6 Å². The lowest BCUT2D eigenvalue weighted by atomic mass is 9.68. The zero-order chi connectivity index (χ0) is 16.2. The average Bonchev–Trinajstić information content (AvgIpc) is 2.59. The molecule has 23 heavy (non-hydrogen) atoms. The van der Waals surface area contributed by atoms with Crippen LogP contribution in [-0.2, 0) is 0 Å². The molecule has 0 atom stereocenters. The number of allylic oxidation sites excluding steroid dienone is 1. The number of hydrogen-bond donors (Lipinski definition) is 0. The summed E-state index contributed by atoms with van der Waals surface area (Å²) in [7, 11) is 0. The van der Waals surface area contributed by atoms with E-state index in [1.165, 1.54) is 50.7 Å². The smallest absolute Gasteiger partial charge is 0.159 e. The third-order valence-corrected chi connectivity index (χ3v) is 6.16. The zero-order valence-electron chi connectivity index (χ0n) is 13.5. The first-order chi connectivity index (χ1) is 11.2. The first kappa shape index (κ1) is 17.0. The molecule has 2 aliphatic carbocycles. The molecule has 0 spiro atoms. The van der Waals surface area contributed by atoms with E-state index in [1.807, 2.05) is 0 Å². The molecule has 1 aromatic rings. The summed E-state index contributed by atoms with van der Waals surface area (Å²) in [6, 6.07) is 4.42. The molecule has 126 valence electrons. The van der Waals surface area contributed by atoms with Gasteiger partial charge < -0.3 is 0 Å². The van der Waals surface area contributed by atoms with E-state index in [0.717, 1.165) is 30.2 Å². The number of halogens is 3. The summed E-state index contributed by atoms with van der Waals surface area (Å²) in [4.78, 5) is 0. The van der Waals surface area contributed by atoms with Crippen LogP contribution in [0.3, 0.4) is 0 Å². The van der Waals surface area contributed by atoms with Gasteiger partial charge in [-0.3, -0.25) is 0 Å². The molecule has 3 heteroatoms. The second kappa shape index (κ2) is 7.79. The summed E-state index contributed by atoms with van der Waals surface area (Å²) < 4.78 is 26.5. The zero-order valence-corrected chi connectivity index (χ0v) is 14.2. The van der Waals surface area contributed by atoms with Gasteiger partial charge in [-0.25, -0.2) is 8.78 Å². The van der Waals surface area contributed by atoms with Crippen LogP contribution in [0, 0.1) is 29.4 Å². The van der Waals surface area contributed by atoms with Crippen LogP contribution in [0.1, 0.15) is 62.8 Å². The molecule has 1 aromatic carbocycles. The minimum absolute atomic E-state index is 0.400. The lowest BCUT2D eigenvalue weighted by Crippen LogP contribution is -2.25. The Kier molecular flexibility index (Phi) is 5.74. The number of rotatable bonds is 3. The maximum Gasteiger partial charge on any atom is 0.159 e. The van der Waals surface area contributed by atoms with Crippen LogP contribution < -0.4 is 0 Å². The maximum atomic E-state index is 13.4. The van der Waals surface area contributed by atoms with Crippen LogP contribution in [0.2, 0.25) is 0 Å². The van der Waals surface area contributed by atoms with Crippen LogP contribution >= 0.6 is 11.6 Å². The van der Waals surface area contributed by atoms with Crippen molar-refractivity contribution in [2.75, 3.05) is 0 Å². The van der Waals surface area contributed by atoms with E-state index in [9.17, 15) is 8.78 Å². The number of hydrogen-bond acceptors (Lipinski definition) is 0. The van der Waals surface area contributed by atoms with Crippen molar-refractivity contribution in [2.45, 2.75) is 57.3 Å². The Morgan fingerprint density at radius 1 is 0.826 bits per heavy atom. The van der Waals surface area contributed by atoms with Gasteiger partial charge in [0.25, 0.3) is 0 Å². The van der Waals surface area contributed by atoms with Gasteiger partial charge in [0.05, 0.1) is 0 Å². The van der Waals surface area contributed by atoms with Gasteiger partial charge in [0.1, 0.15) is 0 Å². The molecular formula is C20H25ClF2. The van der Waals surface area contributed by atoms with Crippen molar-refractivity contribution in [1.82, 2.24) is 0 Å². The van der Waals surface area contributed by atoms with Gasteiger partial charge >= 0.3 is 0 Å². The van der Waals surface area contributed by atoms with E-state index in [4.69, 9.17) is 11.6 Å². The molecule has 0 saturated heterocycles. The normalized spacial score (nSPS) is 32.3. The van der Waals surface area contributed by atoms with Gasteiger partial charge in [-0.15, -0.1) is 0 Å². The Morgan fingerprint density at radius 2 is 1.43 bits per heavy atom. The molecule has 3 rings (SSSR count). The largest absolute Gasteiger partial charge is 0.204 e. The highest BCUT2D eigenvalue weighted by atomic mass is 35.5. The Bertz CT molecular complexity index is 539. The van der Waals surface area contributed by atoms with Crippen LogP contribution in [-0.4, -0.2) is 0 Å². The summed E-state index contributed by atoms with van der Waals surface area (Å²) in [5, 5.41) is 0. The Balaban J connectivity index is 1.51. The Labute approximate surface area is 142 Å². The van der Waals surface area contributed by atoms with Gasteiger partial charge in [-0.2, -0.15) is 0 Å². The fraction of sp³-hybridized carbons (Fsp3) is 0.600. The molecule has 2 saturated carbocycles. The molecule has 0 bridgehead atoms. The van der Waals surface area contributed by atoms with Gasteiger partial charge in [-0.1, -0.05) is 23.7 Å². The SMILES string of the molecule is Fc1ccc(C2CCC(C3CCC(C=CCl)CC3)CC2)cc1F. The van der Waals surface area contributed by atoms with Crippen molar-refractivity contribution in [2.24, 2.45) is 17.8 Å². The van der Waals surface area contributed by atoms with Crippen molar-refractivity contribution < 1.29 is 8.78 Å². The molecule has 0 radical (unpaired) electrons. The summed E-state index contributed by atoms with van der Waals surface area (Å²) in [6.45, 7) is 0. The molecule has 0 heterocycles. The van der Waals surface area contributed by atoms with Crippen molar-refractivity contribution in [3.63, 3.8) is 0 Å². The highest BCUT2D eigenvalue weighted by Gasteiger charge is 2.30. The summed E-state index contributed by atoms with van der Waals surface area (Å²) in [5.74, 6) is 1.28. The van der Waals surface area contributed by atoms with E-state index < -0.39 is 11.6 Å². The number of benzene rings is 1. The maximum absolute atomic E-state index is 13.4. The molecule has 2 fully saturated rings. The van der Waals surface area contributed by atoms with Crippen LogP contribution in [0.15, 0.2) is 29.8 Å². The van der Waals surface area contributed by atoms with E-state index in [-0.39, 0.29) is 0 Å². The summed E-state index contributed by atoms with van der Waals surface area (Å²) in [6.07, 6.45) is 12.0. The molecule has 0 N–H and O–H groups in total. The predicted molar refractivity (Wildman–Crippen MR) is 91.5 cm³/mol. The highest BCUT2D eigenvalue weighted by Crippen LogP contribution is 2.44. The van der Waals surface area contributed by atoms with E-state index in [0.29, 0.717) is 11.8 Å². The van der Waals surface area contributed by atoms with Crippen molar-refractivity contribution in [3.8, 4) is 0 Å². The third-order valence-electron chi connectivity index (χ3n) is 6.01. The minimum Gasteiger partial charge on any atom is -0.204 e. The fourth-order valence-corrected chi connectivity index (χ4v) is 4.81. The van der Waals surface area contributed by atoms with Crippen LogP contribution in [0.25, 0.3) is 0 Å². The predicted octanol–water partition coefficient (Wildman–Crippen LogP) is 6.80. The molecule has 2 aliphatic rings. The van der Waals surface area contributed by atoms with Gasteiger partial charge in [0, 0.05) is 5.54 Å². The van der Waals surface area contributed by atoms with Crippen molar-refractivity contribution in [3.05, 3.63) is 47.0 Å². The third kappa shape index (κ3) is 4.15. The Morgan fingerprint density at radius 3 is 2.00 bits per heavy atom. The van der Waals surface area contributed by atoms with Gasteiger partial charge in [0.2, 0.25) is 0 Å². The summed E-state index contributed by atoms with van der Waals surface area (Å²) in [5.41, 5.74) is 2.64. The molecule has 0 nitrogen and oxygen atoms in total. The standard InChI is InChI=1S/C20H25ClF2/c21-12-11-14-1-3-15(4-2-14)16-5-7-17(8-6-16)18-9-10-19(22)20(23)13-18/h9-17H,1-8H2. The molecule has 0 unspecified atom stereocenters. The van der Waals surface area contributed by atoms with Crippen LogP contribution in [0.5, 0.6) is 0 Å². The fourth-order valence-electron chi connectivity index (χ4n) is 4.60. The lowest BCUT2D eigenvalue weighted by molar-refractivity contribution is 0.171. The molecule has 0 aromatic heterocycles. The quantitative estimate of drug-likeness (QED) is 0.568. The second-order valence-corrected chi connectivity index (χ2v) is 7.53. The second-order valence-electron chi connectivity index (χ2n) is 7.28. The average molecular weight is 339 g/mol. The highest BCUT2D eigenvalue weighted by molar-refractivity contribution is 6.25. The van der Waals surface area contributed by atoms with E-state index >= 15 is 0 Å². The lowest BCUT2D eigenvalue weighted by Gasteiger charge is -2.37. The van der Waals surface area contributed by atoms with E-state index in [2.05, 4.69) is 6.08 Å². The first-order valence-corrected chi connectivity index (χ1v) is 9.33. The van der Waals surface area contributed by atoms with Crippen LogP contribution in [0.4, 0.5) is 8.78 Å². The monoisotopic (exact) mass is 338 g/mol. The minimum atomic E-state index is -0.745.